The van der Waals surface area contributed by atoms with Gasteiger partial charge in [0.15, 0.2) is 0 Å². The van der Waals surface area contributed by atoms with Gasteiger partial charge in [-0.15, -0.1) is 0 Å². The lowest BCUT2D eigenvalue weighted by Gasteiger charge is -2.33. The first-order chi connectivity index (χ1) is 15.6. The molecule has 1 spiro atoms. The van der Waals surface area contributed by atoms with Gasteiger partial charge in [0.05, 0.1) is 6.54 Å². The third kappa shape index (κ3) is 4.39. The van der Waals surface area contributed by atoms with Gasteiger partial charge in [0.1, 0.15) is 12.1 Å². The average Bonchev–Trinajstić information content (AvgIpc) is 3.17. The standard InChI is InChI=1S/C25H31N5O2/c31-22-14-25(21-15-26-17-27-24(21)29-22)12-18-7-8-20(11-19(18)13-25)28-23(32)16-30-9-5-3-1-2-4-6-10-30/h7-8,11,15,17H,1-6,9-10,12-14,16H2,(H,28,32)(H,26,27,29,31). The molecule has 1 fully saturated rings. The molecule has 2 aliphatic heterocycles. The highest BCUT2D eigenvalue weighted by atomic mass is 16.2. The van der Waals surface area contributed by atoms with Gasteiger partial charge in [-0.2, -0.15) is 0 Å². The maximum atomic E-state index is 12.7. The Balaban J connectivity index is 1.27. The summed E-state index contributed by atoms with van der Waals surface area (Å²) < 4.78 is 0. The molecular weight excluding hydrogens is 402 g/mol. The summed E-state index contributed by atoms with van der Waals surface area (Å²) in [5, 5.41) is 5.98. The number of carbonyl (C=O) groups is 2. The molecule has 3 heterocycles. The molecule has 0 bridgehead atoms. The number of hydrogen-bond donors (Lipinski definition) is 2. The van der Waals surface area contributed by atoms with Crippen molar-refractivity contribution < 1.29 is 9.59 Å². The van der Waals surface area contributed by atoms with Crippen LogP contribution in [-0.2, 0) is 27.8 Å². The summed E-state index contributed by atoms with van der Waals surface area (Å²) in [4.78, 5) is 35.9. The monoisotopic (exact) mass is 433 g/mol. The van der Waals surface area contributed by atoms with Crippen LogP contribution < -0.4 is 10.6 Å². The lowest BCUT2D eigenvalue weighted by Crippen LogP contribution is -2.38. The fourth-order valence-corrected chi connectivity index (χ4v) is 5.60. The Morgan fingerprint density at radius 3 is 2.59 bits per heavy atom. The van der Waals surface area contributed by atoms with Crippen molar-refractivity contribution in [2.75, 3.05) is 30.3 Å². The van der Waals surface area contributed by atoms with Crippen LogP contribution in [0.3, 0.4) is 0 Å². The van der Waals surface area contributed by atoms with Crippen molar-refractivity contribution in [2.45, 2.75) is 63.2 Å². The summed E-state index contributed by atoms with van der Waals surface area (Å²) in [6.45, 7) is 2.46. The number of anilines is 2. The minimum Gasteiger partial charge on any atom is -0.325 e. The number of rotatable bonds is 3. The van der Waals surface area contributed by atoms with E-state index < -0.39 is 0 Å². The van der Waals surface area contributed by atoms with Crippen molar-refractivity contribution in [3.63, 3.8) is 0 Å². The molecule has 5 rings (SSSR count). The molecule has 32 heavy (non-hydrogen) atoms. The number of amides is 2. The minimum atomic E-state index is -0.299. The molecular formula is C25H31N5O2. The van der Waals surface area contributed by atoms with Crippen LogP contribution in [0.5, 0.6) is 0 Å². The Morgan fingerprint density at radius 1 is 1.03 bits per heavy atom. The van der Waals surface area contributed by atoms with Gasteiger partial charge in [0.2, 0.25) is 11.8 Å². The van der Waals surface area contributed by atoms with Gasteiger partial charge in [0.25, 0.3) is 0 Å². The SMILES string of the molecule is O=C(CN1CCCCCCCC1)Nc1ccc2c(c1)CC1(CC(=O)Nc3ncncc31)C2. The van der Waals surface area contributed by atoms with E-state index in [-0.39, 0.29) is 17.2 Å². The van der Waals surface area contributed by atoms with Crippen LogP contribution in [-0.4, -0.2) is 46.3 Å². The summed E-state index contributed by atoms with van der Waals surface area (Å²) >= 11 is 0. The van der Waals surface area contributed by atoms with E-state index in [0.29, 0.717) is 18.8 Å². The highest BCUT2D eigenvalue weighted by Gasteiger charge is 2.45. The minimum absolute atomic E-state index is 0.00147. The third-order valence-corrected chi connectivity index (χ3v) is 7.15. The Kier molecular flexibility index (Phi) is 5.91. The Labute approximate surface area is 189 Å². The normalized spacial score (nSPS) is 23.4. The van der Waals surface area contributed by atoms with Crippen molar-refractivity contribution in [1.29, 1.82) is 0 Å². The quantitative estimate of drug-likeness (QED) is 0.774. The van der Waals surface area contributed by atoms with Gasteiger partial charge < -0.3 is 10.6 Å². The number of fused-ring (bicyclic) bond motifs is 3. The fourth-order valence-electron chi connectivity index (χ4n) is 5.60. The maximum Gasteiger partial charge on any atom is 0.238 e. The summed E-state index contributed by atoms with van der Waals surface area (Å²) in [5.41, 5.74) is 3.96. The van der Waals surface area contributed by atoms with E-state index in [9.17, 15) is 9.59 Å². The highest BCUT2D eigenvalue weighted by Crippen LogP contribution is 2.47. The lowest BCUT2D eigenvalue weighted by molar-refractivity contribution is -0.118. The van der Waals surface area contributed by atoms with Crippen molar-refractivity contribution >= 4 is 23.3 Å². The Hall–Kier alpha value is -2.80. The number of aromatic nitrogens is 2. The smallest absolute Gasteiger partial charge is 0.238 e. The van der Waals surface area contributed by atoms with E-state index in [0.717, 1.165) is 37.2 Å². The van der Waals surface area contributed by atoms with Crippen molar-refractivity contribution in [3.05, 3.63) is 47.4 Å². The molecule has 1 aromatic carbocycles. The van der Waals surface area contributed by atoms with Crippen LogP contribution >= 0.6 is 0 Å². The highest BCUT2D eigenvalue weighted by molar-refractivity contribution is 5.95. The molecule has 0 radical (unpaired) electrons. The predicted octanol–water partition coefficient (Wildman–Crippen LogP) is 3.45. The molecule has 0 saturated carbocycles. The molecule has 7 nitrogen and oxygen atoms in total. The zero-order valence-corrected chi connectivity index (χ0v) is 18.5. The van der Waals surface area contributed by atoms with Crippen molar-refractivity contribution in [2.24, 2.45) is 0 Å². The Morgan fingerprint density at radius 2 is 1.78 bits per heavy atom. The van der Waals surface area contributed by atoms with Crippen molar-refractivity contribution in [3.8, 4) is 0 Å². The Bertz CT molecular complexity index is 1010. The zero-order valence-electron chi connectivity index (χ0n) is 18.5. The number of nitrogens with zero attached hydrogens (tertiary/aromatic N) is 3. The maximum absolute atomic E-state index is 12.7. The molecule has 2 N–H and O–H groups in total. The van der Waals surface area contributed by atoms with Gasteiger partial charge in [-0.3, -0.25) is 14.5 Å². The number of carbonyl (C=O) groups excluding carboxylic acids is 2. The van der Waals surface area contributed by atoms with Crippen molar-refractivity contribution in [1.82, 2.24) is 14.9 Å². The van der Waals surface area contributed by atoms with E-state index in [1.807, 2.05) is 12.3 Å². The van der Waals surface area contributed by atoms with Crippen LogP contribution in [0, 0.1) is 0 Å². The van der Waals surface area contributed by atoms with Gasteiger partial charge in [-0.25, -0.2) is 9.97 Å². The van der Waals surface area contributed by atoms with E-state index in [4.69, 9.17) is 0 Å². The van der Waals surface area contributed by atoms with Crippen LogP contribution in [0.1, 0.15) is 61.6 Å². The number of hydrogen-bond acceptors (Lipinski definition) is 5. The average molecular weight is 434 g/mol. The number of benzene rings is 1. The second-order valence-corrected chi connectivity index (χ2v) is 9.57. The van der Waals surface area contributed by atoms with Gasteiger partial charge in [0, 0.05) is 29.3 Å². The van der Waals surface area contributed by atoms with Crippen LogP contribution in [0.25, 0.3) is 0 Å². The predicted molar refractivity (Wildman–Crippen MR) is 124 cm³/mol. The fraction of sp³-hybridized carbons (Fsp3) is 0.520. The van der Waals surface area contributed by atoms with E-state index >= 15 is 0 Å². The second kappa shape index (κ2) is 8.98. The summed E-state index contributed by atoms with van der Waals surface area (Å²) in [5.74, 6) is 0.677. The molecule has 1 aliphatic carbocycles. The number of nitrogens with one attached hydrogen (secondary N) is 2. The largest absolute Gasteiger partial charge is 0.325 e. The summed E-state index contributed by atoms with van der Waals surface area (Å²) in [6, 6.07) is 6.16. The zero-order chi connectivity index (χ0) is 22.0. The summed E-state index contributed by atoms with van der Waals surface area (Å²) in [6.07, 6.45) is 12.8. The van der Waals surface area contributed by atoms with Gasteiger partial charge in [-0.05, 0) is 62.0 Å². The van der Waals surface area contributed by atoms with Gasteiger partial charge >= 0.3 is 0 Å². The third-order valence-electron chi connectivity index (χ3n) is 7.15. The van der Waals surface area contributed by atoms with Gasteiger partial charge in [-0.1, -0.05) is 31.7 Å². The molecule has 7 heteroatoms. The molecule has 1 unspecified atom stereocenters. The molecule has 2 amide bonds. The van der Waals surface area contributed by atoms with Crippen LogP contribution in [0.15, 0.2) is 30.7 Å². The van der Waals surface area contributed by atoms with Crippen LogP contribution in [0.2, 0.25) is 0 Å². The second-order valence-electron chi connectivity index (χ2n) is 9.57. The first kappa shape index (κ1) is 21.1. The van der Waals surface area contributed by atoms with E-state index in [1.165, 1.54) is 56.0 Å². The molecule has 1 aromatic heterocycles. The van der Waals surface area contributed by atoms with Crippen LogP contribution in [0.4, 0.5) is 11.5 Å². The summed E-state index contributed by atoms with van der Waals surface area (Å²) in [7, 11) is 0. The topological polar surface area (TPSA) is 87.2 Å². The van der Waals surface area contributed by atoms with E-state index in [2.05, 4.69) is 37.6 Å². The van der Waals surface area contributed by atoms with E-state index in [1.54, 1.807) is 0 Å². The first-order valence-electron chi connectivity index (χ1n) is 11.9. The first-order valence-corrected chi connectivity index (χ1v) is 11.9. The molecule has 168 valence electrons. The molecule has 3 aliphatic rings. The lowest BCUT2D eigenvalue weighted by atomic mass is 9.74. The molecule has 1 atom stereocenters. The molecule has 2 aromatic rings. The molecule has 1 saturated heterocycles.